The topological polar surface area (TPSA) is 61.7 Å². The van der Waals surface area contributed by atoms with Crippen molar-refractivity contribution in [3.63, 3.8) is 0 Å². The maximum atomic E-state index is 9.91. The number of aliphatic hydroxyl groups excluding tert-OH is 2. The van der Waals surface area contributed by atoms with Crippen LogP contribution in [0.1, 0.15) is 32.1 Å². The first kappa shape index (κ1) is 17.6. The Morgan fingerprint density at radius 1 is 1.40 bits per heavy atom. The van der Waals surface area contributed by atoms with Crippen LogP contribution in [0.2, 0.25) is 0 Å². The molecule has 0 fully saturated rings. The van der Waals surface area contributed by atoms with Crippen molar-refractivity contribution in [2.24, 2.45) is 5.41 Å². The number of hydrogen-bond acceptors (Lipinski definition) is 5. The third-order valence-corrected chi connectivity index (χ3v) is 4.05. The van der Waals surface area contributed by atoms with Crippen LogP contribution in [0.15, 0.2) is 17.5 Å². The quantitative estimate of drug-likeness (QED) is 0.653. The monoisotopic (exact) mass is 301 g/mol. The molecule has 2 atom stereocenters. The average molecular weight is 301 g/mol. The second kappa shape index (κ2) is 8.74. The molecule has 0 aliphatic rings. The fraction of sp³-hybridized carbons (Fsp3) is 0.733. The van der Waals surface area contributed by atoms with Crippen molar-refractivity contribution in [2.75, 3.05) is 19.8 Å². The summed E-state index contributed by atoms with van der Waals surface area (Å²) >= 11 is 1.65. The highest BCUT2D eigenvalue weighted by Gasteiger charge is 2.24. The number of ether oxygens (including phenoxy) is 1. The molecule has 0 aliphatic heterocycles. The highest BCUT2D eigenvalue weighted by atomic mass is 32.1. The largest absolute Gasteiger partial charge is 0.396 e. The van der Waals surface area contributed by atoms with E-state index in [1.165, 1.54) is 0 Å². The average Bonchev–Trinajstić information content (AvgIpc) is 2.86. The van der Waals surface area contributed by atoms with E-state index in [0.717, 1.165) is 4.88 Å². The van der Waals surface area contributed by atoms with E-state index in [4.69, 9.17) is 9.84 Å². The van der Waals surface area contributed by atoms with E-state index in [1.807, 2.05) is 17.5 Å². The SMILES string of the molecule is CC(C)(C)C(CCO)NCC(O)COCc1cccs1. The number of aliphatic hydroxyl groups is 2. The van der Waals surface area contributed by atoms with Gasteiger partial charge in [-0.3, -0.25) is 0 Å². The van der Waals surface area contributed by atoms with E-state index in [2.05, 4.69) is 26.1 Å². The Morgan fingerprint density at radius 3 is 2.70 bits per heavy atom. The van der Waals surface area contributed by atoms with Gasteiger partial charge in [-0.25, -0.2) is 0 Å². The number of thiophene rings is 1. The van der Waals surface area contributed by atoms with E-state index in [0.29, 0.717) is 26.2 Å². The molecule has 0 aliphatic carbocycles. The van der Waals surface area contributed by atoms with Crippen molar-refractivity contribution in [3.8, 4) is 0 Å². The number of hydrogen-bond donors (Lipinski definition) is 3. The van der Waals surface area contributed by atoms with Crippen LogP contribution in [0.4, 0.5) is 0 Å². The molecule has 0 bridgehead atoms. The van der Waals surface area contributed by atoms with E-state index in [1.54, 1.807) is 11.3 Å². The minimum atomic E-state index is -0.529. The van der Waals surface area contributed by atoms with E-state index < -0.39 is 6.10 Å². The molecule has 1 aromatic heterocycles. The van der Waals surface area contributed by atoms with Crippen molar-refractivity contribution >= 4 is 11.3 Å². The van der Waals surface area contributed by atoms with Gasteiger partial charge in [-0.05, 0) is 23.3 Å². The Balaban J connectivity index is 2.22. The second-order valence-electron chi connectivity index (χ2n) is 6.09. The van der Waals surface area contributed by atoms with E-state index in [9.17, 15) is 5.11 Å². The fourth-order valence-corrected chi connectivity index (χ4v) is 2.64. The van der Waals surface area contributed by atoms with Crippen molar-refractivity contribution < 1.29 is 14.9 Å². The summed E-state index contributed by atoms with van der Waals surface area (Å²) in [6.07, 6.45) is 0.158. The van der Waals surface area contributed by atoms with Gasteiger partial charge in [-0.15, -0.1) is 11.3 Å². The van der Waals surface area contributed by atoms with Gasteiger partial charge in [0.25, 0.3) is 0 Å². The molecule has 5 heteroatoms. The summed E-state index contributed by atoms with van der Waals surface area (Å²) in [5, 5.41) is 24.3. The zero-order valence-electron chi connectivity index (χ0n) is 12.6. The van der Waals surface area contributed by atoms with Gasteiger partial charge in [0, 0.05) is 24.1 Å². The third kappa shape index (κ3) is 6.81. The zero-order valence-corrected chi connectivity index (χ0v) is 13.4. The van der Waals surface area contributed by atoms with Gasteiger partial charge in [-0.2, -0.15) is 0 Å². The Bertz CT molecular complexity index is 349. The lowest BCUT2D eigenvalue weighted by atomic mass is 9.85. The van der Waals surface area contributed by atoms with Gasteiger partial charge < -0.3 is 20.3 Å². The maximum absolute atomic E-state index is 9.91. The summed E-state index contributed by atoms with van der Waals surface area (Å²) in [5.41, 5.74) is 0.0558. The lowest BCUT2D eigenvalue weighted by molar-refractivity contribution is 0.0256. The van der Waals surface area contributed by atoms with Gasteiger partial charge >= 0.3 is 0 Å². The van der Waals surface area contributed by atoms with Crippen molar-refractivity contribution in [1.82, 2.24) is 5.32 Å². The minimum absolute atomic E-state index is 0.0558. The van der Waals surface area contributed by atoms with Gasteiger partial charge in [0.05, 0.1) is 19.3 Å². The van der Waals surface area contributed by atoms with Crippen molar-refractivity contribution in [2.45, 2.75) is 45.9 Å². The molecule has 0 saturated heterocycles. The Labute approximate surface area is 125 Å². The predicted octanol–water partition coefficient (Wildman–Crippen LogP) is 2.01. The van der Waals surface area contributed by atoms with Gasteiger partial charge in [0.1, 0.15) is 0 Å². The summed E-state index contributed by atoms with van der Waals surface area (Å²) in [6, 6.07) is 4.19. The molecule has 0 amide bonds. The highest BCUT2D eigenvalue weighted by molar-refractivity contribution is 7.09. The smallest absolute Gasteiger partial charge is 0.0897 e. The predicted molar refractivity (Wildman–Crippen MR) is 82.9 cm³/mol. The Hall–Kier alpha value is -0.460. The summed E-state index contributed by atoms with van der Waals surface area (Å²) in [7, 11) is 0. The van der Waals surface area contributed by atoms with Crippen molar-refractivity contribution in [3.05, 3.63) is 22.4 Å². The van der Waals surface area contributed by atoms with Crippen LogP contribution in [-0.4, -0.2) is 42.1 Å². The van der Waals surface area contributed by atoms with E-state index >= 15 is 0 Å². The molecular formula is C15H27NO3S. The second-order valence-corrected chi connectivity index (χ2v) is 7.12. The zero-order chi connectivity index (χ0) is 15.0. The third-order valence-electron chi connectivity index (χ3n) is 3.20. The summed E-state index contributed by atoms with van der Waals surface area (Å²) < 4.78 is 5.49. The first-order valence-electron chi connectivity index (χ1n) is 7.06. The molecule has 0 radical (unpaired) electrons. The summed E-state index contributed by atoms with van der Waals surface area (Å²) in [4.78, 5) is 1.16. The molecule has 0 spiro atoms. The van der Waals surface area contributed by atoms with Crippen LogP contribution in [0.5, 0.6) is 0 Å². The molecule has 0 saturated carbocycles. The Kier molecular flexibility index (Phi) is 7.69. The standard InChI is InChI=1S/C15H27NO3S/c1-15(2,3)14(6-7-17)16-9-12(18)10-19-11-13-5-4-8-20-13/h4-5,8,12,14,16-18H,6-7,9-11H2,1-3H3. The summed E-state index contributed by atoms with van der Waals surface area (Å²) in [5.74, 6) is 0. The molecule has 4 nitrogen and oxygen atoms in total. The summed E-state index contributed by atoms with van der Waals surface area (Å²) in [6.45, 7) is 7.88. The van der Waals surface area contributed by atoms with Gasteiger partial charge in [0.15, 0.2) is 0 Å². The molecule has 116 valence electrons. The molecule has 1 heterocycles. The molecule has 3 N–H and O–H groups in total. The number of nitrogens with one attached hydrogen (secondary N) is 1. The lowest BCUT2D eigenvalue weighted by Gasteiger charge is -2.32. The van der Waals surface area contributed by atoms with Crippen LogP contribution >= 0.6 is 11.3 Å². The van der Waals surface area contributed by atoms with Crippen LogP contribution in [0.3, 0.4) is 0 Å². The van der Waals surface area contributed by atoms with E-state index in [-0.39, 0.29) is 18.1 Å². The minimum Gasteiger partial charge on any atom is -0.396 e. The molecule has 0 aromatic carbocycles. The lowest BCUT2D eigenvalue weighted by Crippen LogP contribution is -2.45. The normalized spacial score (nSPS) is 15.2. The highest BCUT2D eigenvalue weighted by Crippen LogP contribution is 2.21. The Morgan fingerprint density at radius 2 is 2.15 bits per heavy atom. The first-order valence-corrected chi connectivity index (χ1v) is 7.94. The molecule has 1 aromatic rings. The number of rotatable bonds is 9. The molecule has 20 heavy (non-hydrogen) atoms. The molecule has 1 rings (SSSR count). The molecular weight excluding hydrogens is 274 g/mol. The van der Waals surface area contributed by atoms with Crippen molar-refractivity contribution in [1.29, 1.82) is 0 Å². The van der Waals surface area contributed by atoms with Crippen LogP contribution in [0.25, 0.3) is 0 Å². The molecule has 2 unspecified atom stereocenters. The van der Waals surface area contributed by atoms with Gasteiger partial charge in [-0.1, -0.05) is 26.8 Å². The van der Waals surface area contributed by atoms with Crippen LogP contribution in [0, 0.1) is 5.41 Å². The van der Waals surface area contributed by atoms with Gasteiger partial charge in [0.2, 0.25) is 0 Å². The fourth-order valence-electron chi connectivity index (χ4n) is 2.00. The maximum Gasteiger partial charge on any atom is 0.0897 e. The van der Waals surface area contributed by atoms with Crippen LogP contribution < -0.4 is 5.32 Å². The first-order chi connectivity index (χ1) is 9.43. The van der Waals surface area contributed by atoms with Crippen LogP contribution in [-0.2, 0) is 11.3 Å².